The van der Waals surface area contributed by atoms with Gasteiger partial charge in [-0.15, -0.1) is 0 Å². The lowest BCUT2D eigenvalue weighted by atomic mass is 9.96. The third-order valence-electron chi connectivity index (χ3n) is 10.2. The summed E-state index contributed by atoms with van der Waals surface area (Å²) in [4.78, 5) is 65.5. The van der Waals surface area contributed by atoms with Gasteiger partial charge in [0.25, 0.3) is 0 Å². The molecule has 0 unspecified atom stereocenters. The Morgan fingerprint density at radius 2 is 1.05 bits per heavy atom. The van der Waals surface area contributed by atoms with E-state index in [2.05, 4.69) is 0 Å². The van der Waals surface area contributed by atoms with Crippen molar-refractivity contribution in [3.63, 3.8) is 0 Å². The number of unbranched alkanes of at least 4 members (excludes halogenated alkanes) is 1. The minimum atomic E-state index is -0.700. The fourth-order valence-corrected chi connectivity index (χ4v) is 7.22. The van der Waals surface area contributed by atoms with E-state index in [-0.39, 0.29) is 31.6 Å². The molecule has 2 fully saturated rings. The molecule has 2 heterocycles. The first-order chi connectivity index (χ1) is 30.0. The van der Waals surface area contributed by atoms with Gasteiger partial charge in [-0.1, -0.05) is 121 Å². The van der Waals surface area contributed by atoms with Gasteiger partial charge in [-0.3, -0.25) is 14.4 Å². The number of carbonyl (C=O) groups is 5. The van der Waals surface area contributed by atoms with Crippen molar-refractivity contribution in [2.75, 3.05) is 26.4 Å². The lowest BCUT2D eigenvalue weighted by Crippen LogP contribution is -2.44. The number of carbonyl (C=O) groups excluding carboxylic acids is 5. The zero-order valence-electron chi connectivity index (χ0n) is 36.2. The van der Waals surface area contributed by atoms with Gasteiger partial charge in [-0.25, -0.2) is 19.4 Å². The Bertz CT molecular complexity index is 1990. The fourth-order valence-electron chi connectivity index (χ4n) is 7.22. The number of rotatable bonds is 20. The average Bonchev–Trinajstić information content (AvgIpc) is 3.82. The third-order valence-corrected chi connectivity index (χ3v) is 10.2. The second-order valence-electron chi connectivity index (χ2n) is 16.5. The van der Waals surface area contributed by atoms with Crippen LogP contribution >= 0.6 is 0 Å². The fraction of sp³-hybridized carbons (Fsp3) is 0.420. The van der Waals surface area contributed by atoms with Crippen LogP contribution in [0.15, 0.2) is 121 Å². The summed E-state index contributed by atoms with van der Waals surface area (Å²) in [5.41, 5.74) is 3.64. The number of benzene rings is 4. The number of amides is 4. The first kappa shape index (κ1) is 47.2. The van der Waals surface area contributed by atoms with Crippen molar-refractivity contribution in [2.24, 2.45) is 5.92 Å². The molecule has 0 saturated carbocycles. The number of nitrogens with zero attached hydrogens (tertiary/aromatic N) is 2. The standard InChI is InChI=1S/C28H35NO6.C22H25NO4/c1-28(2,3)35-25(30)18-23(15-10-16-33-19-22-13-8-5-9-14-22)26(31)29-24(20-34-27(29)32)17-21-11-6-4-7-12-21;24-21(13-7-8-14-26-16-19-11-5-2-6-12-19)23-20(17-27-22(23)25)15-18-9-3-1-4-10-18/h4-9,11-14,23-24H,10,15-20H2,1-3H3;1-6,9-12,20H,7-8,13-17H2/t23-,24+;20-/m01/s1. The normalized spacial score (nSPS) is 16.5. The van der Waals surface area contributed by atoms with Crippen molar-refractivity contribution >= 4 is 30.0 Å². The van der Waals surface area contributed by atoms with Gasteiger partial charge in [0.1, 0.15) is 18.8 Å². The summed E-state index contributed by atoms with van der Waals surface area (Å²) in [6, 6.07) is 38.7. The first-order valence-corrected chi connectivity index (χ1v) is 21.5. The van der Waals surface area contributed by atoms with Crippen LogP contribution in [0.2, 0.25) is 0 Å². The molecule has 2 aliphatic rings. The molecule has 0 N–H and O–H groups in total. The van der Waals surface area contributed by atoms with Crippen LogP contribution in [0.25, 0.3) is 0 Å². The van der Waals surface area contributed by atoms with Crippen LogP contribution in [-0.2, 0) is 64.1 Å². The zero-order chi connectivity index (χ0) is 44.2. The molecule has 4 amide bonds. The summed E-state index contributed by atoms with van der Waals surface area (Å²) >= 11 is 0. The summed E-state index contributed by atoms with van der Waals surface area (Å²) in [5, 5.41) is 0. The number of hydrogen-bond acceptors (Lipinski definition) is 10. The molecule has 0 aliphatic carbocycles. The van der Waals surface area contributed by atoms with E-state index in [1.165, 1.54) is 9.80 Å². The van der Waals surface area contributed by atoms with Crippen molar-refractivity contribution in [2.45, 2.75) is 103 Å². The van der Waals surface area contributed by atoms with Crippen molar-refractivity contribution in [1.29, 1.82) is 0 Å². The quantitative estimate of drug-likeness (QED) is 0.0482. The van der Waals surface area contributed by atoms with Crippen LogP contribution in [0.5, 0.6) is 0 Å². The van der Waals surface area contributed by atoms with E-state index in [0.29, 0.717) is 65.0 Å². The van der Waals surface area contributed by atoms with E-state index in [0.717, 1.165) is 28.7 Å². The van der Waals surface area contributed by atoms with E-state index in [1.54, 1.807) is 20.8 Å². The molecule has 4 aromatic rings. The molecule has 2 aliphatic heterocycles. The minimum absolute atomic E-state index is 0.101. The molecule has 12 nitrogen and oxygen atoms in total. The Morgan fingerprint density at radius 3 is 1.53 bits per heavy atom. The Kier molecular flexibility index (Phi) is 18.7. The van der Waals surface area contributed by atoms with E-state index < -0.39 is 41.6 Å². The van der Waals surface area contributed by atoms with E-state index >= 15 is 0 Å². The Morgan fingerprint density at radius 1 is 0.613 bits per heavy atom. The maximum atomic E-state index is 13.5. The van der Waals surface area contributed by atoms with Gasteiger partial charge < -0.3 is 23.7 Å². The lowest BCUT2D eigenvalue weighted by molar-refractivity contribution is -0.158. The molecule has 4 aromatic carbocycles. The van der Waals surface area contributed by atoms with Gasteiger partial charge >= 0.3 is 18.2 Å². The molecule has 3 atom stereocenters. The molecule has 0 radical (unpaired) electrons. The lowest BCUT2D eigenvalue weighted by Gasteiger charge is -2.26. The number of hydrogen-bond donors (Lipinski definition) is 0. The van der Waals surface area contributed by atoms with E-state index in [4.69, 9.17) is 23.7 Å². The monoisotopic (exact) mass is 848 g/mol. The highest BCUT2D eigenvalue weighted by atomic mass is 16.6. The third kappa shape index (κ3) is 15.9. The molecule has 62 heavy (non-hydrogen) atoms. The number of esters is 1. The maximum absolute atomic E-state index is 13.5. The van der Waals surface area contributed by atoms with E-state index in [9.17, 15) is 24.0 Å². The van der Waals surface area contributed by atoms with Crippen LogP contribution in [0, 0.1) is 5.92 Å². The van der Waals surface area contributed by atoms with Gasteiger partial charge in [0.2, 0.25) is 11.8 Å². The predicted octanol–water partition coefficient (Wildman–Crippen LogP) is 8.89. The summed E-state index contributed by atoms with van der Waals surface area (Å²) in [5.74, 6) is -1.73. The molecular formula is C50H60N2O10. The molecule has 6 rings (SSSR count). The highest BCUT2D eigenvalue weighted by molar-refractivity contribution is 5.96. The van der Waals surface area contributed by atoms with Gasteiger partial charge in [-0.05, 0) is 81.5 Å². The predicted molar refractivity (Wildman–Crippen MR) is 233 cm³/mol. The van der Waals surface area contributed by atoms with Crippen molar-refractivity contribution in [3.8, 4) is 0 Å². The number of cyclic esters (lactones) is 2. The zero-order valence-corrected chi connectivity index (χ0v) is 36.2. The smallest absolute Gasteiger partial charge is 0.416 e. The number of ether oxygens (including phenoxy) is 5. The highest BCUT2D eigenvalue weighted by Crippen LogP contribution is 2.25. The molecular weight excluding hydrogens is 789 g/mol. The van der Waals surface area contributed by atoms with Gasteiger partial charge in [0, 0.05) is 25.6 Å². The highest BCUT2D eigenvalue weighted by Gasteiger charge is 2.42. The van der Waals surface area contributed by atoms with E-state index in [1.807, 2.05) is 121 Å². The Balaban J connectivity index is 0.000000242. The Hall–Kier alpha value is -5.85. The van der Waals surface area contributed by atoms with Gasteiger partial charge in [0.05, 0.1) is 31.7 Å². The van der Waals surface area contributed by atoms with Crippen LogP contribution < -0.4 is 0 Å². The maximum Gasteiger partial charge on any atom is 0.416 e. The molecule has 0 spiro atoms. The minimum Gasteiger partial charge on any atom is -0.460 e. The number of imide groups is 2. The average molecular weight is 849 g/mol. The summed E-state index contributed by atoms with van der Waals surface area (Å²) in [6.07, 6.45) is 2.60. The van der Waals surface area contributed by atoms with Crippen LogP contribution in [0.1, 0.15) is 81.5 Å². The van der Waals surface area contributed by atoms with Crippen molar-refractivity contribution in [1.82, 2.24) is 9.80 Å². The summed E-state index contributed by atoms with van der Waals surface area (Å²) in [7, 11) is 0. The van der Waals surface area contributed by atoms with Crippen LogP contribution in [0.4, 0.5) is 9.59 Å². The molecule has 0 bridgehead atoms. The molecule has 330 valence electrons. The Labute approximate surface area is 365 Å². The van der Waals surface area contributed by atoms with Gasteiger partial charge in [0.15, 0.2) is 0 Å². The largest absolute Gasteiger partial charge is 0.460 e. The first-order valence-electron chi connectivity index (χ1n) is 21.5. The summed E-state index contributed by atoms with van der Waals surface area (Å²) < 4.78 is 27.2. The molecule has 2 saturated heterocycles. The second kappa shape index (κ2) is 24.6. The van der Waals surface area contributed by atoms with Gasteiger partial charge in [-0.2, -0.15) is 0 Å². The topological polar surface area (TPSA) is 138 Å². The molecule has 0 aromatic heterocycles. The second-order valence-corrected chi connectivity index (χ2v) is 16.5. The van der Waals surface area contributed by atoms with Crippen LogP contribution in [0.3, 0.4) is 0 Å². The SMILES string of the molecule is CC(C)(C)OC(=O)C[C@H](CCCOCc1ccccc1)C(=O)N1C(=O)OC[C@H]1Cc1ccccc1.O=C(CCCCOCc1ccccc1)N1C(=O)OC[C@H]1Cc1ccccc1. The van der Waals surface area contributed by atoms with Crippen LogP contribution in [-0.4, -0.2) is 83.9 Å². The molecule has 12 heteroatoms. The van der Waals surface area contributed by atoms with Crippen molar-refractivity contribution < 1.29 is 47.7 Å². The summed E-state index contributed by atoms with van der Waals surface area (Å²) in [6.45, 7) is 7.84. The van der Waals surface area contributed by atoms with Crippen molar-refractivity contribution in [3.05, 3.63) is 144 Å².